The smallest absolute Gasteiger partial charge is 0.130 e. The van der Waals surface area contributed by atoms with E-state index in [4.69, 9.17) is 0 Å². The molecule has 20 heavy (non-hydrogen) atoms. The van der Waals surface area contributed by atoms with E-state index < -0.39 is 11.6 Å². The van der Waals surface area contributed by atoms with Crippen molar-refractivity contribution in [2.24, 2.45) is 0 Å². The molecule has 0 amide bonds. The molecule has 5 heteroatoms. The molecule has 1 aromatic heterocycles. The molecule has 1 aromatic carbocycles. The topological polar surface area (TPSA) is 29.9 Å². The summed E-state index contributed by atoms with van der Waals surface area (Å²) in [6, 6.07) is 4.51. The van der Waals surface area contributed by atoms with Crippen LogP contribution in [0, 0.1) is 11.6 Å². The molecule has 3 rings (SSSR count). The molecule has 0 spiro atoms. The molecule has 1 fully saturated rings. The molecule has 1 heterocycles. The Balaban J connectivity index is 1.69. The Hall–Kier alpha value is -1.75. The average Bonchev–Trinajstić information content (AvgIpc) is 3.08. The highest BCUT2D eigenvalue weighted by Gasteiger charge is 2.28. The fourth-order valence-electron chi connectivity index (χ4n) is 2.94. The Morgan fingerprint density at radius 2 is 2.05 bits per heavy atom. The SMILES string of the molecule is Fc1cccc(F)c1CNC1CCCC1n1ccnc1. The van der Waals surface area contributed by atoms with E-state index in [9.17, 15) is 8.78 Å². The van der Waals surface area contributed by atoms with E-state index >= 15 is 0 Å². The predicted octanol–water partition coefficient (Wildman–Crippen LogP) is 3.04. The number of rotatable bonds is 4. The Morgan fingerprint density at radius 3 is 2.75 bits per heavy atom. The molecular weight excluding hydrogens is 260 g/mol. The van der Waals surface area contributed by atoms with Crippen molar-refractivity contribution in [3.8, 4) is 0 Å². The number of halogens is 2. The van der Waals surface area contributed by atoms with Gasteiger partial charge in [-0.25, -0.2) is 13.8 Å². The number of nitrogens with one attached hydrogen (secondary N) is 1. The van der Waals surface area contributed by atoms with E-state index in [-0.39, 0.29) is 18.2 Å². The first-order valence-electron chi connectivity index (χ1n) is 6.89. The van der Waals surface area contributed by atoms with Gasteiger partial charge >= 0.3 is 0 Å². The average molecular weight is 277 g/mol. The summed E-state index contributed by atoms with van der Waals surface area (Å²) in [5.41, 5.74) is 0.115. The molecule has 106 valence electrons. The summed E-state index contributed by atoms with van der Waals surface area (Å²) in [7, 11) is 0. The zero-order valence-electron chi connectivity index (χ0n) is 11.1. The van der Waals surface area contributed by atoms with Gasteiger partial charge in [-0.3, -0.25) is 0 Å². The number of imidazole rings is 1. The molecular formula is C15H17F2N3. The minimum Gasteiger partial charge on any atom is -0.333 e. The lowest BCUT2D eigenvalue weighted by Gasteiger charge is -2.22. The highest BCUT2D eigenvalue weighted by molar-refractivity contribution is 5.19. The molecule has 2 aromatic rings. The van der Waals surface area contributed by atoms with Gasteiger partial charge in [-0.2, -0.15) is 0 Å². The third-order valence-corrected chi connectivity index (χ3v) is 3.99. The van der Waals surface area contributed by atoms with Crippen molar-refractivity contribution < 1.29 is 8.78 Å². The minimum atomic E-state index is -0.491. The van der Waals surface area contributed by atoms with Crippen molar-refractivity contribution in [1.29, 1.82) is 0 Å². The van der Waals surface area contributed by atoms with Crippen molar-refractivity contribution in [2.75, 3.05) is 0 Å². The molecule has 0 aliphatic heterocycles. The molecule has 0 bridgehead atoms. The third-order valence-electron chi connectivity index (χ3n) is 3.99. The van der Waals surface area contributed by atoms with E-state index in [0.29, 0.717) is 6.04 Å². The van der Waals surface area contributed by atoms with Gasteiger partial charge in [-0.15, -0.1) is 0 Å². The van der Waals surface area contributed by atoms with Crippen LogP contribution in [0.1, 0.15) is 30.9 Å². The number of benzene rings is 1. The van der Waals surface area contributed by atoms with Gasteiger partial charge in [0.25, 0.3) is 0 Å². The summed E-state index contributed by atoms with van der Waals surface area (Å²) in [6.07, 6.45) is 8.68. The van der Waals surface area contributed by atoms with Gasteiger partial charge in [0.15, 0.2) is 0 Å². The Kier molecular flexibility index (Phi) is 3.78. The van der Waals surface area contributed by atoms with Gasteiger partial charge in [-0.05, 0) is 31.4 Å². The van der Waals surface area contributed by atoms with Crippen LogP contribution < -0.4 is 5.32 Å². The van der Waals surface area contributed by atoms with Crippen LogP contribution in [0.15, 0.2) is 36.9 Å². The Labute approximate surface area is 116 Å². The lowest BCUT2D eigenvalue weighted by atomic mass is 10.1. The number of hydrogen-bond acceptors (Lipinski definition) is 2. The molecule has 1 aliphatic carbocycles. The Bertz CT molecular complexity index is 548. The minimum absolute atomic E-state index is 0.115. The maximum Gasteiger partial charge on any atom is 0.130 e. The quantitative estimate of drug-likeness (QED) is 0.931. The van der Waals surface area contributed by atoms with E-state index in [2.05, 4.69) is 14.9 Å². The largest absolute Gasteiger partial charge is 0.333 e. The second kappa shape index (κ2) is 5.71. The van der Waals surface area contributed by atoms with Crippen LogP contribution in [0.4, 0.5) is 8.78 Å². The third kappa shape index (κ3) is 2.58. The molecule has 2 atom stereocenters. The van der Waals surface area contributed by atoms with Gasteiger partial charge in [0, 0.05) is 36.6 Å². The van der Waals surface area contributed by atoms with Crippen LogP contribution >= 0.6 is 0 Å². The first-order valence-corrected chi connectivity index (χ1v) is 6.89. The summed E-state index contributed by atoms with van der Waals surface area (Å²) in [6.45, 7) is 0.217. The normalized spacial score (nSPS) is 22.3. The number of nitrogens with zero attached hydrogens (tertiary/aromatic N) is 2. The first-order chi connectivity index (χ1) is 9.75. The van der Waals surface area contributed by atoms with Crippen LogP contribution in [0.3, 0.4) is 0 Å². The molecule has 0 saturated heterocycles. The van der Waals surface area contributed by atoms with Crippen LogP contribution in [0.25, 0.3) is 0 Å². The highest BCUT2D eigenvalue weighted by Crippen LogP contribution is 2.30. The van der Waals surface area contributed by atoms with Gasteiger partial charge in [0.05, 0.1) is 6.33 Å². The molecule has 3 nitrogen and oxygen atoms in total. The van der Waals surface area contributed by atoms with Crippen LogP contribution in [-0.4, -0.2) is 15.6 Å². The first kappa shape index (κ1) is 13.2. The molecule has 1 aliphatic rings. The van der Waals surface area contributed by atoms with Gasteiger partial charge in [0.1, 0.15) is 11.6 Å². The van der Waals surface area contributed by atoms with Crippen molar-refractivity contribution in [2.45, 2.75) is 37.9 Å². The highest BCUT2D eigenvalue weighted by atomic mass is 19.1. The van der Waals surface area contributed by atoms with Crippen LogP contribution in [0.2, 0.25) is 0 Å². The molecule has 1 N–H and O–H groups in total. The molecule has 2 unspecified atom stereocenters. The van der Waals surface area contributed by atoms with Crippen LogP contribution in [-0.2, 0) is 6.54 Å². The Morgan fingerprint density at radius 1 is 1.25 bits per heavy atom. The standard InChI is InChI=1S/C15H17F2N3/c16-12-3-1-4-13(17)11(12)9-19-14-5-2-6-15(14)20-8-7-18-10-20/h1,3-4,7-8,10,14-15,19H,2,5-6,9H2. The summed E-state index contributed by atoms with van der Waals surface area (Å²) >= 11 is 0. The lowest BCUT2D eigenvalue weighted by molar-refractivity contribution is 0.384. The fourth-order valence-corrected chi connectivity index (χ4v) is 2.94. The zero-order valence-corrected chi connectivity index (χ0v) is 11.1. The van der Waals surface area contributed by atoms with E-state index in [1.807, 2.05) is 6.20 Å². The predicted molar refractivity (Wildman–Crippen MR) is 72.1 cm³/mol. The maximum absolute atomic E-state index is 13.6. The van der Waals surface area contributed by atoms with Crippen molar-refractivity contribution >= 4 is 0 Å². The summed E-state index contributed by atoms with van der Waals surface area (Å²) in [4.78, 5) is 4.06. The lowest BCUT2D eigenvalue weighted by Crippen LogP contribution is -2.33. The van der Waals surface area contributed by atoms with Gasteiger partial charge < -0.3 is 9.88 Å². The molecule has 0 radical (unpaired) electrons. The van der Waals surface area contributed by atoms with Gasteiger partial charge in [-0.1, -0.05) is 6.07 Å². The zero-order chi connectivity index (χ0) is 13.9. The van der Waals surface area contributed by atoms with Crippen LogP contribution in [0.5, 0.6) is 0 Å². The molecule has 1 saturated carbocycles. The van der Waals surface area contributed by atoms with E-state index in [1.54, 1.807) is 12.5 Å². The van der Waals surface area contributed by atoms with E-state index in [0.717, 1.165) is 19.3 Å². The second-order valence-corrected chi connectivity index (χ2v) is 5.20. The van der Waals surface area contributed by atoms with Crippen molar-refractivity contribution in [3.05, 3.63) is 54.1 Å². The summed E-state index contributed by atoms with van der Waals surface area (Å²) in [5.74, 6) is -0.982. The monoisotopic (exact) mass is 277 g/mol. The van der Waals surface area contributed by atoms with Crippen molar-refractivity contribution in [3.63, 3.8) is 0 Å². The van der Waals surface area contributed by atoms with Gasteiger partial charge in [0.2, 0.25) is 0 Å². The summed E-state index contributed by atoms with van der Waals surface area (Å²) in [5, 5.41) is 3.29. The maximum atomic E-state index is 13.6. The van der Waals surface area contributed by atoms with E-state index in [1.165, 1.54) is 18.2 Å². The van der Waals surface area contributed by atoms with Crippen molar-refractivity contribution in [1.82, 2.24) is 14.9 Å². The summed E-state index contributed by atoms with van der Waals surface area (Å²) < 4.78 is 29.3. The number of aromatic nitrogens is 2. The fraction of sp³-hybridized carbons (Fsp3) is 0.400. The number of hydrogen-bond donors (Lipinski definition) is 1. The second-order valence-electron chi connectivity index (χ2n) is 5.20.